The third-order valence-corrected chi connectivity index (χ3v) is 6.53. The number of sulfonamides is 1. The number of hydrogen-bond donors (Lipinski definition) is 0. The molecule has 2 aliphatic heterocycles. The Hall–Kier alpha value is -1.64. The second kappa shape index (κ2) is 6.70. The van der Waals surface area contributed by atoms with Crippen LogP contribution in [0.15, 0.2) is 35.2 Å². The molecule has 2 heterocycles. The molecule has 2 atom stereocenters. The van der Waals surface area contributed by atoms with Crippen molar-refractivity contribution in [3.63, 3.8) is 0 Å². The predicted octanol–water partition coefficient (Wildman–Crippen LogP) is 1.18. The Morgan fingerprint density at radius 1 is 1.12 bits per heavy atom. The van der Waals surface area contributed by atoms with Gasteiger partial charge in [0.1, 0.15) is 0 Å². The summed E-state index contributed by atoms with van der Waals surface area (Å²) in [6.07, 6.45) is -0.513. The lowest BCUT2D eigenvalue weighted by Crippen LogP contribution is -2.52. The zero-order valence-electron chi connectivity index (χ0n) is 14.0. The molecule has 0 radical (unpaired) electrons. The van der Waals surface area contributed by atoms with Crippen LogP contribution in [0.4, 0.5) is 4.79 Å². The number of hydrogen-bond acceptors (Lipinski definition) is 4. The molecule has 0 spiro atoms. The van der Waals surface area contributed by atoms with Crippen molar-refractivity contribution in [3.05, 3.63) is 30.3 Å². The van der Waals surface area contributed by atoms with Crippen LogP contribution < -0.4 is 0 Å². The van der Waals surface area contributed by atoms with E-state index >= 15 is 0 Å². The van der Waals surface area contributed by atoms with Gasteiger partial charge in [0.15, 0.2) is 0 Å². The van der Waals surface area contributed by atoms with E-state index < -0.39 is 16.2 Å². The van der Waals surface area contributed by atoms with Crippen molar-refractivity contribution >= 4 is 16.1 Å². The number of rotatable bonds is 2. The maximum Gasteiger partial charge on any atom is 0.321 e. The molecule has 3 rings (SSSR count). The minimum atomic E-state index is -3.62. The number of nitrogens with zero attached hydrogens (tertiary/aromatic N) is 3. The lowest BCUT2D eigenvalue weighted by atomic mass is 10.3. The van der Waals surface area contributed by atoms with Gasteiger partial charge in [-0.05, 0) is 26.0 Å². The molecule has 7 nitrogen and oxygen atoms in total. The molecule has 2 fully saturated rings. The number of benzene rings is 1. The maximum atomic E-state index is 12.9. The lowest BCUT2D eigenvalue weighted by molar-refractivity contribution is 0.0382. The molecule has 0 N–H and O–H groups in total. The number of morpholine rings is 1. The van der Waals surface area contributed by atoms with E-state index in [0.717, 1.165) is 0 Å². The first-order chi connectivity index (χ1) is 11.4. The Labute approximate surface area is 142 Å². The van der Waals surface area contributed by atoms with E-state index in [0.29, 0.717) is 32.8 Å². The number of urea groups is 1. The molecule has 0 aromatic heterocycles. The number of carbonyl (C=O) groups is 1. The SMILES string of the molecule is C[C@@H]1CN(S(=O)(=O)c2ccccc2)[C@H](C)N1C(=O)N1CCOCC1. The quantitative estimate of drug-likeness (QED) is 0.801. The first-order valence-electron chi connectivity index (χ1n) is 8.15. The molecular weight excluding hydrogens is 330 g/mol. The van der Waals surface area contributed by atoms with Crippen LogP contribution in [0.3, 0.4) is 0 Å². The molecule has 24 heavy (non-hydrogen) atoms. The van der Waals surface area contributed by atoms with Gasteiger partial charge in [0.25, 0.3) is 0 Å². The van der Waals surface area contributed by atoms with Gasteiger partial charge in [0.05, 0.1) is 24.3 Å². The van der Waals surface area contributed by atoms with Crippen LogP contribution in [0, 0.1) is 0 Å². The summed E-state index contributed by atoms with van der Waals surface area (Å²) in [5.74, 6) is 0. The van der Waals surface area contributed by atoms with Crippen molar-refractivity contribution in [1.82, 2.24) is 14.1 Å². The molecule has 2 amide bonds. The molecule has 1 aromatic rings. The number of ether oxygens (including phenoxy) is 1. The summed E-state index contributed by atoms with van der Waals surface area (Å²) in [6.45, 7) is 6.08. The van der Waals surface area contributed by atoms with Crippen LogP contribution in [0.2, 0.25) is 0 Å². The van der Waals surface area contributed by atoms with Gasteiger partial charge in [0.2, 0.25) is 10.0 Å². The third kappa shape index (κ3) is 3.01. The fourth-order valence-electron chi connectivity index (χ4n) is 3.30. The van der Waals surface area contributed by atoms with Crippen molar-refractivity contribution in [1.29, 1.82) is 0 Å². The van der Waals surface area contributed by atoms with Crippen molar-refractivity contribution < 1.29 is 17.9 Å². The highest BCUT2D eigenvalue weighted by atomic mass is 32.2. The largest absolute Gasteiger partial charge is 0.378 e. The van der Waals surface area contributed by atoms with Gasteiger partial charge in [0, 0.05) is 25.7 Å². The average Bonchev–Trinajstić information content (AvgIpc) is 2.91. The van der Waals surface area contributed by atoms with Crippen molar-refractivity contribution in [2.75, 3.05) is 32.8 Å². The first-order valence-corrected chi connectivity index (χ1v) is 9.59. The van der Waals surface area contributed by atoms with Crippen LogP contribution >= 0.6 is 0 Å². The van der Waals surface area contributed by atoms with Gasteiger partial charge in [-0.25, -0.2) is 13.2 Å². The normalized spacial score (nSPS) is 25.9. The molecule has 1 aromatic carbocycles. The van der Waals surface area contributed by atoms with Crippen LogP contribution in [0.25, 0.3) is 0 Å². The fraction of sp³-hybridized carbons (Fsp3) is 0.562. The van der Waals surface area contributed by atoms with E-state index in [2.05, 4.69) is 0 Å². The summed E-state index contributed by atoms with van der Waals surface area (Å²) in [6, 6.07) is 8.06. The van der Waals surface area contributed by atoms with Gasteiger partial charge in [-0.1, -0.05) is 18.2 Å². The monoisotopic (exact) mass is 353 g/mol. The molecular formula is C16H23N3O4S. The minimum absolute atomic E-state index is 0.121. The Kier molecular flexibility index (Phi) is 4.80. The second-order valence-corrected chi connectivity index (χ2v) is 8.05. The van der Waals surface area contributed by atoms with Gasteiger partial charge < -0.3 is 14.5 Å². The van der Waals surface area contributed by atoms with E-state index in [1.807, 2.05) is 6.92 Å². The molecule has 0 bridgehead atoms. The molecule has 132 valence electrons. The number of amides is 2. The lowest BCUT2D eigenvalue weighted by Gasteiger charge is -2.35. The third-order valence-electron chi connectivity index (χ3n) is 4.59. The standard InChI is InChI=1S/C16H23N3O4S/c1-13-12-18(24(21,22)15-6-4-3-5-7-15)14(2)19(13)16(20)17-8-10-23-11-9-17/h3-7,13-14H,8-12H2,1-2H3/t13-,14+/m1/s1. The summed E-state index contributed by atoms with van der Waals surface area (Å²) >= 11 is 0. The van der Waals surface area contributed by atoms with Crippen molar-refractivity contribution in [3.8, 4) is 0 Å². The Morgan fingerprint density at radius 2 is 1.75 bits per heavy atom. The summed E-state index contributed by atoms with van der Waals surface area (Å²) in [5, 5.41) is 0. The molecule has 0 saturated carbocycles. The molecule has 0 aliphatic carbocycles. The molecule has 8 heteroatoms. The van der Waals surface area contributed by atoms with Crippen molar-refractivity contribution in [2.24, 2.45) is 0 Å². The van der Waals surface area contributed by atoms with E-state index in [-0.39, 0.29) is 17.0 Å². The van der Waals surface area contributed by atoms with Crippen LogP contribution in [0.5, 0.6) is 0 Å². The highest BCUT2D eigenvalue weighted by Gasteiger charge is 2.45. The van der Waals surface area contributed by atoms with E-state index in [9.17, 15) is 13.2 Å². The second-order valence-electron chi connectivity index (χ2n) is 6.16. The highest BCUT2D eigenvalue weighted by Crippen LogP contribution is 2.28. The Bertz CT molecular complexity index is 689. The highest BCUT2D eigenvalue weighted by molar-refractivity contribution is 7.89. The van der Waals surface area contributed by atoms with E-state index in [4.69, 9.17) is 4.74 Å². The zero-order chi connectivity index (χ0) is 17.3. The van der Waals surface area contributed by atoms with Crippen LogP contribution in [-0.4, -0.2) is 73.6 Å². The topological polar surface area (TPSA) is 70.2 Å². The van der Waals surface area contributed by atoms with E-state index in [1.54, 1.807) is 47.1 Å². The van der Waals surface area contributed by atoms with Gasteiger partial charge >= 0.3 is 6.03 Å². The Balaban J connectivity index is 1.82. The average molecular weight is 353 g/mol. The predicted molar refractivity (Wildman–Crippen MR) is 88.9 cm³/mol. The zero-order valence-corrected chi connectivity index (χ0v) is 14.8. The van der Waals surface area contributed by atoms with Crippen LogP contribution in [-0.2, 0) is 14.8 Å². The van der Waals surface area contributed by atoms with Gasteiger partial charge in [-0.2, -0.15) is 4.31 Å². The number of carbonyl (C=O) groups excluding carboxylic acids is 1. The molecule has 0 unspecified atom stereocenters. The maximum absolute atomic E-state index is 12.9. The van der Waals surface area contributed by atoms with Gasteiger partial charge in [-0.15, -0.1) is 0 Å². The van der Waals surface area contributed by atoms with E-state index in [1.165, 1.54) is 4.31 Å². The smallest absolute Gasteiger partial charge is 0.321 e. The fourth-order valence-corrected chi connectivity index (χ4v) is 4.99. The molecule has 2 saturated heterocycles. The molecule has 2 aliphatic rings. The van der Waals surface area contributed by atoms with Gasteiger partial charge in [-0.3, -0.25) is 0 Å². The first kappa shape index (κ1) is 17.2. The Morgan fingerprint density at radius 3 is 2.38 bits per heavy atom. The summed E-state index contributed by atoms with van der Waals surface area (Å²) in [4.78, 5) is 16.4. The van der Waals surface area contributed by atoms with Crippen molar-refractivity contribution in [2.45, 2.75) is 31.0 Å². The van der Waals surface area contributed by atoms with Crippen LogP contribution in [0.1, 0.15) is 13.8 Å². The summed E-state index contributed by atoms with van der Waals surface area (Å²) in [7, 11) is -3.62. The minimum Gasteiger partial charge on any atom is -0.378 e. The summed E-state index contributed by atoms with van der Waals surface area (Å²) < 4.78 is 32.5. The summed E-state index contributed by atoms with van der Waals surface area (Å²) in [5.41, 5.74) is 0.